The van der Waals surface area contributed by atoms with Gasteiger partial charge in [-0.1, -0.05) is 0 Å². The average molecular weight is 260 g/mol. The minimum absolute atomic E-state index is 0.0559. The van der Waals surface area contributed by atoms with Crippen LogP contribution in [0, 0.1) is 0 Å². The van der Waals surface area contributed by atoms with Gasteiger partial charge in [0.15, 0.2) is 5.78 Å². The summed E-state index contributed by atoms with van der Waals surface area (Å²) in [5.74, 6) is 0.0559. The van der Waals surface area contributed by atoms with E-state index < -0.39 is 0 Å². The molecule has 0 saturated carbocycles. The molecule has 0 unspecified atom stereocenters. The van der Waals surface area contributed by atoms with Gasteiger partial charge in [-0.3, -0.25) is 9.69 Å². The Hall–Kier alpha value is -1.84. The van der Waals surface area contributed by atoms with Crippen molar-refractivity contribution >= 4 is 17.5 Å². The first-order valence-corrected chi connectivity index (χ1v) is 6.51. The second-order valence-electron chi connectivity index (χ2n) is 5.98. The third-order valence-electron chi connectivity index (χ3n) is 3.11. The summed E-state index contributed by atoms with van der Waals surface area (Å²) in [5.41, 5.74) is 2.43. The summed E-state index contributed by atoms with van der Waals surface area (Å²) >= 11 is 0. The highest BCUT2D eigenvalue weighted by Gasteiger charge is 2.27. The van der Waals surface area contributed by atoms with E-state index >= 15 is 0 Å². The number of nitrogens with zero attached hydrogens (tertiary/aromatic N) is 1. The molecule has 2 amide bonds. The zero-order chi connectivity index (χ0) is 14.2. The lowest BCUT2D eigenvalue weighted by atomic mass is 10.1. The first-order valence-electron chi connectivity index (χ1n) is 6.51. The third kappa shape index (κ3) is 2.95. The molecule has 0 aliphatic carbocycles. The summed E-state index contributed by atoms with van der Waals surface area (Å²) in [4.78, 5) is 25.3. The van der Waals surface area contributed by atoms with Crippen LogP contribution < -0.4 is 10.2 Å². The molecular weight excluding hydrogens is 240 g/mol. The number of hydrogen-bond acceptors (Lipinski definition) is 2. The van der Waals surface area contributed by atoms with Crippen LogP contribution in [0.3, 0.4) is 0 Å². The van der Waals surface area contributed by atoms with Crippen LogP contribution in [0.4, 0.5) is 10.5 Å². The predicted octanol–water partition coefficient (Wildman–Crippen LogP) is 2.76. The summed E-state index contributed by atoms with van der Waals surface area (Å²) < 4.78 is 0. The van der Waals surface area contributed by atoms with E-state index in [4.69, 9.17) is 0 Å². The number of carbonyl (C=O) groups excluding carboxylic acids is 2. The number of anilines is 1. The van der Waals surface area contributed by atoms with E-state index in [0.29, 0.717) is 12.1 Å². The number of ketones is 1. The van der Waals surface area contributed by atoms with Gasteiger partial charge < -0.3 is 5.32 Å². The second-order valence-corrected chi connectivity index (χ2v) is 5.98. The molecule has 4 heteroatoms. The van der Waals surface area contributed by atoms with Gasteiger partial charge in [-0.2, -0.15) is 0 Å². The van der Waals surface area contributed by atoms with Crippen LogP contribution in [-0.2, 0) is 6.42 Å². The van der Waals surface area contributed by atoms with Crippen molar-refractivity contribution in [1.82, 2.24) is 5.32 Å². The average Bonchev–Trinajstić information content (AvgIpc) is 2.68. The van der Waals surface area contributed by atoms with Crippen molar-refractivity contribution in [2.75, 3.05) is 11.4 Å². The van der Waals surface area contributed by atoms with Crippen molar-refractivity contribution in [3.63, 3.8) is 0 Å². The first-order chi connectivity index (χ1) is 8.78. The molecule has 2 rings (SSSR count). The van der Waals surface area contributed by atoms with Gasteiger partial charge in [0.2, 0.25) is 0 Å². The van der Waals surface area contributed by atoms with Gasteiger partial charge in [-0.25, -0.2) is 4.79 Å². The van der Waals surface area contributed by atoms with Gasteiger partial charge in [0.25, 0.3) is 0 Å². The molecule has 0 fully saturated rings. The highest BCUT2D eigenvalue weighted by molar-refractivity contribution is 5.98. The normalized spacial score (nSPS) is 14.2. The Morgan fingerprint density at radius 1 is 1.26 bits per heavy atom. The van der Waals surface area contributed by atoms with Gasteiger partial charge in [-0.15, -0.1) is 0 Å². The van der Waals surface area contributed by atoms with Crippen molar-refractivity contribution in [1.29, 1.82) is 0 Å². The summed E-state index contributed by atoms with van der Waals surface area (Å²) in [7, 11) is 0. The minimum atomic E-state index is -0.251. The van der Waals surface area contributed by atoms with Crippen molar-refractivity contribution < 1.29 is 9.59 Å². The number of amides is 2. The maximum Gasteiger partial charge on any atom is 0.322 e. The van der Waals surface area contributed by atoms with E-state index in [2.05, 4.69) is 5.32 Å². The van der Waals surface area contributed by atoms with Crippen LogP contribution in [0.2, 0.25) is 0 Å². The molecule has 102 valence electrons. The number of carbonyl (C=O) groups is 2. The van der Waals surface area contributed by atoms with Crippen LogP contribution in [0.1, 0.15) is 43.6 Å². The minimum Gasteiger partial charge on any atom is -0.333 e. The van der Waals surface area contributed by atoms with E-state index in [1.54, 1.807) is 17.9 Å². The smallest absolute Gasteiger partial charge is 0.322 e. The molecule has 0 saturated heterocycles. The molecule has 0 atom stereocenters. The number of hydrogen-bond donors (Lipinski definition) is 1. The molecular formula is C15H20N2O2. The summed E-state index contributed by atoms with van der Waals surface area (Å²) in [6.07, 6.45) is 0.800. The van der Waals surface area contributed by atoms with Gasteiger partial charge >= 0.3 is 6.03 Å². The quantitative estimate of drug-likeness (QED) is 0.789. The Labute approximate surface area is 113 Å². The molecule has 1 aliphatic heterocycles. The van der Waals surface area contributed by atoms with Crippen molar-refractivity contribution in [2.24, 2.45) is 0 Å². The fourth-order valence-electron chi connectivity index (χ4n) is 2.22. The van der Waals surface area contributed by atoms with E-state index in [1.807, 2.05) is 32.9 Å². The Kier molecular flexibility index (Phi) is 3.35. The Morgan fingerprint density at radius 3 is 2.53 bits per heavy atom. The van der Waals surface area contributed by atoms with Crippen LogP contribution in [0.5, 0.6) is 0 Å². The maximum absolute atomic E-state index is 12.2. The molecule has 0 bridgehead atoms. The Balaban J connectivity index is 2.23. The first kappa shape index (κ1) is 13.6. The van der Waals surface area contributed by atoms with E-state index in [9.17, 15) is 9.59 Å². The fraction of sp³-hybridized carbons (Fsp3) is 0.467. The number of nitrogens with one attached hydrogen (secondary N) is 1. The maximum atomic E-state index is 12.2. The summed E-state index contributed by atoms with van der Waals surface area (Å²) in [6, 6.07) is 5.45. The monoisotopic (exact) mass is 260 g/mol. The molecule has 1 aromatic carbocycles. The lowest BCUT2D eigenvalue weighted by Crippen LogP contribution is -2.48. The standard InChI is InChI=1S/C15H20N2O2/c1-10(18)11-5-6-13-12(9-11)7-8-17(13)14(19)16-15(2,3)4/h5-6,9H,7-8H2,1-4H3,(H,16,19). The van der Waals surface area contributed by atoms with E-state index in [0.717, 1.165) is 17.7 Å². The highest BCUT2D eigenvalue weighted by atomic mass is 16.2. The van der Waals surface area contributed by atoms with Crippen LogP contribution in [-0.4, -0.2) is 23.9 Å². The molecule has 4 nitrogen and oxygen atoms in total. The largest absolute Gasteiger partial charge is 0.333 e. The summed E-state index contributed by atoms with van der Waals surface area (Å²) in [5, 5.41) is 2.96. The van der Waals surface area contributed by atoms with Crippen molar-refractivity contribution in [3.05, 3.63) is 29.3 Å². The number of benzene rings is 1. The van der Waals surface area contributed by atoms with Gasteiger partial charge in [-0.05, 0) is 57.9 Å². The molecule has 1 aliphatic rings. The number of rotatable bonds is 1. The number of Topliss-reactive ketones (excluding diaryl/α,β-unsaturated/α-hetero) is 1. The lowest BCUT2D eigenvalue weighted by Gasteiger charge is -2.26. The lowest BCUT2D eigenvalue weighted by molar-refractivity contribution is 0.101. The Morgan fingerprint density at radius 2 is 1.95 bits per heavy atom. The van der Waals surface area contributed by atoms with Crippen LogP contribution in [0.25, 0.3) is 0 Å². The van der Waals surface area contributed by atoms with Gasteiger partial charge in [0.05, 0.1) is 0 Å². The fourth-order valence-corrected chi connectivity index (χ4v) is 2.22. The molecule has 1 aromatic rings. The number of fused-ring (bicyclic) bond motifs is 1. The van der Waals surface area contributed by atoms with Crippen LogP contribution in [0.15, 0.2) is 18.2 Å². The van der Waals surface area contributed by atoms with Crippen molar-refractivity contribution in [2.45, 2.75) is 39.7 Å². The van der Waals surface area contributed by atoms with E-state index in [-0.39, 0.29) is 17.4 Å². The SMILES string of the molecule is CC(=O)c1ccc2c(c1)CCN2C(=O)NC(C)(C)C. The Bertz CT molecular complexity index is 529. The number of urea groups is 1. The topological polar surface area (TPSA) is 49.4 Å². The zero-order valence-electron chi connectivity index (χ0n) is 11.9. The van der Waals surface area contributed by atoms with Crippen molar-refractivity contribution in [3.8, 4) is 0 Å². The molecule has 0 spiro atoms. The zero-order valence-corrected chi connectivity index (χ0v) is 11.9. The van der Waals surface area contributed by atoms with E-state index in [1.165, 1.54) is 0 Å². The molecule has 0 aromatic heterocycles. The highest BCUT2D eigenvalue weighted by Crippen LogP contribution is 2.29. The van der Waals surface area contributed by atoms with Gasteiger partial charge in [0.1, 0.15) is 0 Å². The molecule has 1 N–H and O–H groups in total. The molecule has 1 heterocycles. The molecule has 0 radical (unpaired) electrons. The third-order valence-corrected chi connectivity index (χ3v) is 3.11. The predicted molar refractivity (Wildman–Crippen MR) is 75.8 cm³/mol. The van der Waals surface area contributed by atoms with Crippen LogP contribution >= 0.6 is 0 Å². The van der Waals surface area contributed by atoms with Gasteiger partial charge in [0, 0.05) is 23.3 Å². The molecule has 19 heavy (non-hydrogen) atoms. The summed E-state index contributed by atoms with van der Waals surface area (Å²) in [6.45, 7) is 8.10. The second kappa shape index (κ2) is 4.68.